The van der Waals surface area contributed by atoms with Gasteiger partial charge in [0.2, 0.25) is 5.91 Å². The van der Waals surface area contributed by atoms with Gasteiger partial charge in [0.05, 0.1) is 25.3 Å². The maximum atomic E-state index is 12.8. The Labute approximate surface area is 181 Å². The van der Waals surface area contributed by atoms with Crippen LogP contribution in [-0.2, 0) is 9.53 Å². The Morgan fingerprint density at radius 2 is 1.73 bits per heavy atom. The zero-order chi connectivity index (χ0) is 20.8. The van der Waals surface area contributed by atoms with E-state index < -0.39 is 0 Å². The smallest absolute Gasteiger partial charge is 0.241 e. The molecule has 0 bridgehead atoms. The van der Waals surface area contributed by atoms with Crippen LogP contribution in [0.1, 0.15) is 23.4 Å². The van der Waals surface area contributed by atoms with E-state index in [1.54, 1.807) is 11.3 Å². The van der Waals surface area contributed by atoms with Crippen LogP contribution in [0.15, 0.2) is 72.1 Å². The van der Waals surface area contributed by atoms with Gasteiger partial charge in [0.25, 0.3) is 0 Å². The molecular weight excluding hydrogens is 394 g/mol. The molecule has 2 atom stereocenters. The van der Waals surface area contributed by atoms with Crippen molar-refractivity contribution < 1.29 is 9.53 Å². The van der Waals surface area contributed by atoms with Crippen LogP contribution in [0.4, 0.5) is 11.4 Å². The van der Waals surface area contributed by atoms with Crippen LogP contribution in [-0.4, -0.2) is 38.3 Å². The topological polar surface area (TPSA) is 53.6 Å². The van der Waals surface area contributed by atoms with Crippen molar-refractivity contribution in [2.45, 2.75) is 19.0 Å². The van der Waals surface area contributed by atoms with E-state index in [0.717, 1.165) is 43.2 Å². The highest BCUT2D eigenvalue weighted by Gasteiger charge is 2.21. The van der Waals surface area contributed by atoms with Crippen molar-refractivity contribution >= 4 is 28.6 Å². The molecule has 0 aliphatic carbocycles. The molecule has 1 aliphatic rings. The van der Waals surface area contributed by atoms with E-state index in [-0.39, 0.29) is 18.0 Å². The number of benzene rings is 2. The molecule has 4 rings (SSSR count). The summed E-state index contributed by atoms with van der Waals surface area (Å²) in [5, 5.41) is 8.59. The summed E-state index contributed by atoms with van der Waals surface area (Å²) in [6.07, 6.45) is 0. The largest absolute Gasteiger partial charge is 0.378 e. The zero-order valence-corrected chi connectivity index (χ0v) is 17.9. The third kappa shape index (κ3) is 5.08. The van der Waals surface area contributed by atoms with E-state index in [1.807, 2.05) is 43.3 Å². The average molecular weight is 422 g/mol. The summed E-state index contributed by atoms with van der Waals surface area (Å²) in [6.45, 7) is 5.22. The number of thiophene rings is 1. The van der Waals surface area contributed by atoms with Gasteiger partial charge in [-0.3, -0.25) is 10.1 Å². The quantitative estimate of drug-likeness (QED) is 0.598. The number of ether oxygens (including phenoxy) is 1. The van der Waals surface area contributed by atoms with E-state index in [1.165, 1.54) is 4.88 Å². The fourth-order valence-electron chi connectivity index (χ4n) is 3.60. The molecule has 2 aromatic carbocycles. The van der Waals surface area contributed by atoms with Gasteiger partial charge in [0.15, 0.2) is 0 Å². The number of nitrogens with one attached hydrogen (secondary N) is 2. The Kier molecular flexibility index (Phi) is 6.79. The molecule has 2 N–H and O–H groups in total. The van der Waals surface area contributed by atoms with Gasteiger partial charge < -0.3 is 15.0 Å². The highest BCUT2D eigenvalue weighted by molar-refractivity contribution is 7.10. The predicted molar refractivity (Wildman–Crippen MR) is 123 cm³/mol. The maximum Gasteiger partial charge on any atom is 0.241 e. The standard InChI is InChI=1S/C24H27N3O2S/c1-18(25-23(22-8-5-17-30-22)19-6-3-2-4-7-19)24(28)26-20-9-11-21(12-10-20)27-13-15-29-16-14-27/h2-12,17-18,23,25H,13-16H2,1H3,(H,26,28)/t18-,23-/m1/s1. The predicted octanol–water partition coefficient (Wildman–Crippen LogP) is 4.29. The lowest BCUT2D eigenvalue weighted by Gasteiger charge is -2.29. The van der Waals surface area contributed by atoms with E-state index >= 15 is 0 Å². The van der Waals surface area contributed by atoms with Gasteiger partial charge in [0, 0.05) is 29.3 Å². The van der Waals surface area contributed by atoms with Crippen LogP contribution in [0.25, 0.3) is 0 Å². The Hall–Kier alpha value is -2.67. The zero-order valence-electron chi connectivity index (χ0n) is 17.1. The van der Waals surface area contributed by atoms with Crippen molar-refractivity contribution in [3.8, 4) is 0 Å². The monoisotopic (exact) mass is 421 g/mol. The minimum absolute atomic E-state index is 0.0179. The first kappa shape index (κ1) is 20.6. The molecular formula is C24H27N3O2S. The Morgan fingerprint density at radius 1 is 1.00 bits per heavy atom. The second-order valence-corrected chi connectivity index (χ2v) is 8.36. The maximum absolute atomic E-state index is 12.8. The number of carbonyl (C=O) groups excluding carboxylic acids is 1. The van der Waals surface area contributed by atoms with E-state index in [2.05, 4.69) is 51.2 Å². The van der Waals surface area contributed by atoms with Gasteiger partial charge in [-0.2, -0.15) is 0 Å². The van der Waals surface area contributed by atoms with Crippen LogP contribution in [0.2, 0.25) is 0 Å². The molecule has 6 heteroatoms. The van der Waals surface area contributed by atoms with Crippen LogP contribution in [0.5, 0.6) is 0 Å². The third-order valence-corrected chi connectivity index (χ3v) is 6.22. The second kappa shape index (κ2) is 9.89. The minimum Gasteiger partial charge on any atom is -0.378 e. The molecule has 1 fully saturated rings. The van der Waals surface area contributed by atoms with Crippen LogP contribution in [0.3, 0.4) is 0 Å². The van der Waals surface area contributed by atoms with Gasteiger partial charge >= 0.3 is 0 Å². The molecule has 1 aliphatic heterocycles. The van der Waals surface area contributed by atoms with Crippen molar-refractivity contribution in [3.63, 3.8) is 0 Å². The first-order valence-electron chi connectivity index (χ1n) is 10.3. The van der Waals surface area contributed by atoms with Gasteiger partial charge in [-0.15, -0.1) is 11.3 Å². The third-order valence-electron chi connectivity index (χ3n) is 5.28. The van der Waals surface area contributed by atoms with E-state index in [4.69, 9.17) is 4.74 Å². The fraction of sp³-hybridized carbons (Fsp3) is 0.292. The molecule has 3 aromatic rings. The molecule has 0 saturated carbocycles. The van der Waals surface area contributed by atoms with Crippen molar-refractivity contribution in [2.24, 2.45) is 0 Å². The van der Waals surface area contributed by atoms with Crippen LogP contribution in [0, 0.1) is 0 Å². The molecule has 0 radical (unpaired) electrons. The lowest BCUT2D eigenvalue weighted by Crippen LogP contribution is -2.40. The minimum atomic E-state index is -0.351. The van der Waals surface area contributed by atoms with Gasteiger partial charge in [-0.1, -0.05) is 36.4 Å². The molecule has 0 unspecified atom stereocenters. The normalized spacial score (nSPS) is 16.1. The van der Waals surface area contributed by atoms with E-state index in [0.29, 0.717) is 0 Å². The summed E-state index contributed by atoms with van der Waals surface area (Å²) in [4.78, 5) is 16.3. The number of nitrogens with zero attached hydrogens (tertiary/aromatic N) is 1. The SMILES string of the molecule is C[C@@H](N[C@H](c1ccccc1)c1cccs1)C(=O)Nc1ccc(N2CCOCC2)cc1. The van der Waals surface area contributed by atoms with Crippen molar-refractivity contribution in [1.82, 2.24) is 5.32 Å². The molecule has 30 heavy (non-hydrogen) atoms. The number of hydrogen-bond acceptors (Lipinski definition) is 5. The van der Waals surface area contributed by atoms with Crippen LogP contribution < -0.4 is 15.5 Å². The number of hydrogen-bond donors (Lipinski definition) is 2. The summed E-state index contributed by atoms with van der Waals surface area (Å²) >= 11 is 1.69. The number of amides is 1. The highest BCUT2D eigenvalue weighted by atomic mass is 32.1. The summed E-state index contributed by atoms with van der Waals surface area (Å²) in [7, 11) is 0. The lowest BCUT2D eigenvalue weighted by molar-refractivity contribution is -0.117. The van der Waals surface area contributed by atoms with E-state index in [9.17, 15) is 4.79 Å². The van der Waals surface area contributed by atoms with Crippen molar-refractivity contribution in [1.29, 1.82) is 0 Å². The number of anilines is 2. The van der Waals surface area contributed by atoms with Gasteiger partial charge in [-0.25, -0.2) is 0 Å². The average Bonchev–Trinajstić information content (AvgIpc) is 3.33. The number of morpholine rings is 1. The molecule has 1 amide bonds. The molecule has 2 heterocycles. The van der Waals surface area contributed by atoms with Crippen molar-refractivity contribution in [2.75, 3.05) is 36.5 Å². The highest BCUT2D eigenvalue weighted by Crippen LogP contribution is 2.26. The van der Waals surface area contributed by atoms with Crippen molar-refractivity contribution in [3.05, 3.63) is 82.6 Å². The second-order valence-electron chi connectivity index (χ2n) is 7.38. The fourth-order valence-corrected chi connectivity index (χ4v) is 4.41. The number of carbonyl (C=O) groups is 1. The summed E-state index contributed by atoms with van der Waals surface area (Å²) in [5.41, 5.74) is 3.11. The molecule has 0 spiro atoms. The lowest BCUT2D eigenvalue weighted by atomic mass is 10.0. The Bertz CT molecular complexity index is 923. The van der Waals surface area contributed by atoms with Gasteiger partial charge in [0.1, 0.15) is 0 Å². The summed E-state index contributed by atoms with van der Waals surface area (Å²) in [5.74, 6) is -0.0494. The first-order valence-corrected chi connectivity index (χ1v) is 11.2. The summed E-state index contributed by atoms with van der Waals surface area (Å²) in [6, 6.07) is 22.0. The van der Waals surface area contributed by atoms with Crippen LogP contribution >= 0.6 is 11.3 Å². The Morgan fingerprint density at radius 3 is 2.40 bits per heavy atom. The molecule has 1 saturated heterocycles. The molecule has 5 nitrogen and oxygen atoms in total. The Balaban J connectivity index is 1.40. The first-order chi connectivity index (χ1) is 14.7. The van der Waals surface area contributed by atoms with Gasteiger partial charge in [-0.05, 0) is 48.2 Å². The molecule has 1 aromatic heterocycles. The summed E-state index contributed by atoms with van der Waals surface area (Å²) < 4.78 is 5.41. The molecule has 156 valence electrons. The number of rotatable bonds is 7.